The molecule has 6 nitrogen and oxygen atoms in total. The molecule has 0 radical (unpaired) electrons. The number of nitriles is 1. The first-order valence-corrected chi connectivity index (χ1v) is 7.82. The zero-order valence-corrected chi connectivity index (χ0v) is 14.1. The fourth-order valence-electron chi connectivity index (χ4n) is 2.26. The summed E-state index contributed by atoms with van der Waals surface area (Å²) in [7, 11) is 0. The first kappa shape index (κ1) is 16.6. The van der Waals surface area contributed by atoms with Crippen molar-refractivity contribution in [2.24, 2.45) is 0 Å². The summed E-state index contributed by atoms with van der Waals surface area (Å²) < 4.78 is 0. The number of nitrogens with one attached hydrogen (secondary N) is 3. The number of hydrogen-bond acceptors (Lipinski definition) is 4. The molecule has 0 aliphatic heterocycles. The lowest BCUT2D eigenvalue weighted by Gasteiger charge is -2.09. The highest BCUT2D eigenvalue weighted by atomic mass is 35.5. The van der Waals surface area contributed by atoms with Gasteiger partial charge in [-0.1, -0.05) is 17.7 Å². The maximum atomic E-state index is 12.3. The minimum atomic E-state index is -0.511. The standard InChI is InChI=1S/C18H14ClN5O/c1-11-15(19)3-2-4-16(11)23-18(25)13(8-20)9-21-14-6-5-12-10-22-24-17(12)7-14/h2-7,9-10,21H,1H3,(H,22,24)(H,23,25)/b13-9-. The Hall–Kier alpha value is -3.30. The number of H-pyrrole nitrogens is 1. The fraction of sp³-hybridized carbons (Fsp3) is 0.0556. The van der Waals surface area contributed by atoms with Crippen molar-refractivity contribution in [2.45, 2.75) is 6.92 Å². The van der Waals surface area contributed by atoms with Crippen LogP contribution in [-0.4, -0.2) is 16.1 Å². The second kappa shape index (κ2) is 7.07. The molecule has 124 valence electrons. The minimum absolute atomic E-state index is 0.0518. The number of fused-ring (bicyclic) bond motifs is 1. The fourth-order valence-corrected chi connectivity index (χ4v) is 2.44. The Morgan fingerprint density at radius 1 is 1.36 bits per heavy atom. The molecule has 3 aromatic rings. The maximum absolute atomic E-state index is 12.3. The van der Waals surface area contributed by atoms with Gasteiger partial charge in [-0.15, -0.1) is 0 Å². The van der Waals surface area contributed by atoms with Gasteiger partial charge in [0.2, 0.25) is 0 Å². The number of amides is 1. The number of nitrogens with zero attached hydrogens (tertiary/aromatic N) is 2. The van der Waals surface area contributed by atoms with Crippen LogP contribution in [0.4, 0.5) is 11.4 Å². The predicted octanol–water partition coefficient (Wildman–Crippen LogP) is 3.98. The number of aromatic nitrogens is 2. The van der Waals surface area contributed by atoms with E-state index in [0.717, 1.165) is 22.2 Å². The molecular weight excluding hydrogens is 338 g/mol. The molecule has 0 aliphatic carbocycles. The molecular formula is C18H14ClN5O. The molecule has 0 unspecified atom stereocenters. The monoisotopic (exact) mass is 351 g/mol. The van der Waals surface area contributed by atoms with E-state index in [4.69, 9.17) is 11.6 Å². The van der Waals surface area contributed by atoms with Gasteiger partial charge in [0.15, 0.2) is 0 Å². The van der Waals surface area contributed by atoms with Crippen LogP contribution in [0.1, 0.15) is 5.56 Å². The van der Waals surface area contributed by atoms with Crippen molar-refractivity contribution in [1.29, 1.82) is 5.26 Å². The van der Waals surface area contributed by atoms with Crippen LogP contribution in [0.2, 0.25) is 5.02 Å². The molecule has 3 N–H and O–H groups in total. The second-order valence-electron chi connectivity index (χ2n) is 5.35. The van der Waals surface area contributed by atoms with Crippen molar-refractivity contribution in [3.63, 3.8) is 0 Å². The normalized spacial score (nSPS) is 11.2. The van der Waals surface area contributed by atoms with E-state index in [1.54, 1.807) is 31.3 Å². The molecule has 3 rings (SSSR count). The molecule has 7 heteroatoms. The van der Waals surface area contributed by atoms with Crippen molar-refractivity contribution >= 4 is 39.8 Å². The van der Waals surface area contributed by atoms with Crippen LogP contribution in [0.25, 0.3) is 10.9 Å². The summed E-state index contributed by atoms with van der Waals surface area (Å²) in [5.74, 6) is -0.511. The lowest BCUT2D eigenvalue weighted by molar-refractivity contribution is -0.112. The summed E-state index contributed by atoms with van der Waals surface area (Å²) in [5, 5.41) is 23.2. The van der Waals surface area contributed by atoms with E-state index in [-0.39, 0.29) is 5.57 Å². The zero-order chi connectivity index (χ0) is 17.8. The van der Waals surface area contributed by atoms with E-state index in [9.17, 15) is 10.1 Å². The average molecular weight is 352 g/mol. The molecule has 2 aromatic carbocycles. The molecule has 0 aliphatic rings. The summed E-state index contributed by atoms with van der Waals surface area (Å²) in [4.78, 5) is 12.3. The highest BCUT2D eigenvalue weighted by molar-refractivity contribution is 6.31. The van der Waals surface area contributed by atoms with Crippen molar-refractivity contribution in [1.82, 2.24) is 10.2 Å². The van der Waals surface area contributed by atoms with Crippen LogP contribution < -0.4 is 10.6 Å². The Kier molecular flexibility index (Phi) is 4.68. The summed E-state index contributed by atoms with van der Waals surface area (Å²) in [6, 6.07) is 12.7. The van der Waals surface area contributed by atoms with Crippen LogP contribution in [0.3, 0.4) is 0 Å². The van der Waals surface area contributed by atoms with Gasteiger partial charge >= 0.3 is 0 Å². The van der Waals surface area contributed by atoms with Crippen molar-refractivity contribution in [2.75, 3.05) is 10.6 Å². The van der Waals surface area contributed by atoms with Gasteiger partial charge in [-0.25, -0.2) is 0 Å². The van der Waals surface area contributed by atoms with E-state index >= 15 is 0 Å². The van der Waals surface area contributed by atoms with E-state index in [1.807, 2.05) is 24.3 Å². The predicted molar refractivity (Wildman–Crippen MR) is 98.2 cm³/mol. The molecule has 0 fully saturated rings. The van der Waals surface area contributed by atoms with Crippen LogP contribution in [0, 0.1) is 18.3 Å². The third-order valence-electron chi connectivity index (χ3n) is 3.71. The number of carbonyl (C=O) groups excluding carboxylic acids is 1. The third-order valence-corrected chi connectivity index (χ3v) is 4.12. The molecule has 1 heterocycles. The van der Waals surface area contributed by atoms with Gasteiger partial charge in [-0.3, -0.25) is 9.89 Å². The Bertz CT molecular complexity index is 1020. The van der Waals surface area contributed by atoms with Gasteiger partial charge in [0.1, 0.15) is 11.6 Å². The smallest absolute Gasteiger partial charge is 0.267 e. The summed E-state index contributed by atoms with van der Waals surface area (Å²) >= 11 is 6.04. The molecule has 0 saturated heterocycles. The van der Waals surface area contributed by atoms with E-state index in [1.165, 1.54) is 6.20 Å². The average Bonchev–Trinajstić information content (AvgIpc) is 3.07. The lowest BCUT2D eigenvalue weighted by atomic mass is 10.2. The second-order valence-corrected chi connectivity index (χ2v) is 5.76. The van der Waals surface area contributed by atoms with E-state index in [0.29, 0.717) is 10.7 Å². The number of hydrogen-bond donors (Lipinski definition) is 3. The molecule has 0 saturated carbocycles. The van der Waals surface area contributed by atoms with Crippen LogP contribution in [0.5, 0.6) is 0 Å². The van der Waals surface area contributed by atoms with Gasteiger partial charge in [0.05, 0.1) is 11.7 Å². The highest BCUT2D eigenvalue weighted by Gasteiger charge is 2.11. The molecule has 0 spiro atoms. The molecule has 25 heavy (non-hydrogen) atoms. The number of rotatable bonds is 4. The van der Waals surface area contributed by atoms with Crippen molar-refractivity contribution in [3.8, 4) is 6.07 Å². The van der Waals surface area contributed by atoms with Crippen LogP contribution in [0.15, 0.2) is 54.4 Å². The van der Waals surface area contributed by atoms with Crippen molar-refractivity contribution in [3.05, 3.63) is 65.0 Å². The number of benzene rings is 2. The summed E-state index contributed by atoms with van der Waals surface area (Å²) in [6.45, 7) is 1.80. The number of halogens is 1. The minimum Gasteiger partial charge on any atom is -0.360 e. The summed E-state index contributed by atoms with van der Waals surface area (Å²) in [5.41, 5.74) is 2.85. The highest BCUT2D eigenvalue weighted by Crippen LogP contribution is 2.23. The zero-order valence-electron chi connectivity index (χ0n) is 13.3. The van der Waals surface area contributed by atoms with Crippen molar-refractivity contribution < 1.29 is 4.79 Å². The Morgan fingerprint density at radius 2 is 2.20 bits per heavy atom. The number of carbonyl (C=O) groups is 1. The molecule has 0 bridgehead atoms. The van der Waals surface area contributed by atoms with Gasteiger partial charge in [0, 0.05) is 28.0 Å². The third kappa shape index (κ3) is 3.62. The van der Waals surface area contributed by atoms with Gasteiger partial charge in [-0.05, 0) is 42.8 Å². The Morgan fingerprint density at radius 3 is 3.00 bits per heavy atom. The Balaban J connectivity index is 1.76. The van der Waals surface area contributed by atoms with Gasteiger partial charge in [-0.2, -0.15) is 10.4 Å². The maximum Gasteiger partial charge on any atom is 0.267 e. The topological polar surface area (TPSA) is 93.6 Å². The molecule has 0 atom stereocenters. The molecule has 1 aromatic heterocycles. The number of aromatic amines is 1. The van der Waals surface area contributed by atoms with E-state index < -0.39 is 5.91 Å². The summed E-state index contributed by atoms with van der Waals surface area (Å²) in [6.07, 6.45) is 3.09. The van der Waals surface area contributed by atoms with Crippen LogP contribution >= 0.6 is 11.6 Å². The van der Waals surface area contributed by atoms with Crippen LogP contribution in [-0.2, 0) is 4.79 Å². The SMILES string of the molecule is Cc1c(Cl)cccc1NC(=O)/C(C#N)=C\Nc1ccc2cn[nH]c2c1. The number of anilines is 2. The molecule has 1 amide bonds. The lowest BCUT2D eigenvalue weighted by Crippen LogP contribution is -2.15. The van der Waals surface area contributed by atoms with Gasteiger partial charge in [0.25, 0.3) is 5.91 Å². The first-order valence-electron chi connectivity index (χ1n) is 7.45. The quantitative estimate of drug-likeness (QED) is 0.489. The van der Waals surface area contributed by atoms with E-state index in [2.05, 4.69) is 20.8 Å². The largest absolute Gasteiger partial charge is 0.360 e. The first-order chi connectivity index (χ1) is 12.1. The van der Waals surface area contributed by atoms with Gasteiger partial charge < -0.3 is 10.6 Å². The Labute approximate surface area is 149 Å².